The lowest BCUT2D eigenvalue weighted by Crippen LogP contribution is -2.49. The molecule has 1 aliphatic rings. The molecule has 1 atom stereocenters. The van der Waals surface area contributed by atoms with E-state index in [-0.39, 0.29) is 19.2 Å². The molecule has 1 heterocycles. The first-order valence-corrected chi connectivity index (χ1v) is 10.4. The van der Waals surface area contributed by atoms with Gasteiger partial charge in [-0.25, -0.2) is 9.59 Å². The Balaban J connectivity index is 2.04. The predicted octanol–water partition coefficient (Wildman–Crippen LogP) is 4.33. The standard InChI is InChI=1S/C23H25ClN2O5/c1-4-26-19(14-31-16-12-10-15(29-3)11-13-16)20(22(27)30-5-2)21(25-23(26)28)17-8-6-7-9-18(17)24/h6-13,21H,4-5,14H2,1-3H3,(H,25,28)/t21-/m0/s1. The van der Waals surface area contributed by atoms with Crippen molar-refractivity contribution in [3.8, 4) is 11.5 Å². The van der Waals surface area contributed by atoms with Crippen LogP contribution >= 0.6 is 11.6 Å². The maximum atomic E-state index is 13.0. The molecule has 2 aromatic rings. The zero-order valence-electron chi connectivity index (χ0n) is 17.7. The first-order chi connectivity index (χ1) is 15.0. The number of likely N-dealkylation sites (N-methyl/N-ethyl adjacent to an activating group) is 1. The Bertz CT molecular complexity index is 974. The van der Waals surface area contributed by atoms with Gasteiger partial charge in [0.15, 0.2) is 0 Å². The maximum absolute atomic E-state index is 13.0. The molecule has 2 aromatic carbocycles. The van der Waals surface area contributed by atoms with Crippen molar-refractivity contribution in [1.29, 1.82) is 0 Å². The third kappa shape index (κ3) is 4.94. The van der Waals surface area contributed by atoms with Crippen molar-refractivity contribution in [3.63, 3.8) is 0 Å². The van der Waals surface area contributed by atoms with Crippen molar-refractivity contribution in [2.75, 3.05) is 26.9 Å². The van der Waals surface area contributed by atoms with E-state index >= 15 is 0 Å². The Kier molecular flexibility index (Phi) is 7.41. The van der Waals surface area contributed by atoms with Crippen LogP contribution in [0.25, 0.3) is 0 Å². The van der Waals surface area contributed by atoms with E-state index in [0.29, 0.717) is 39.9 Å². The van der Waals surface area contributed by atoms with Crippen LogP contribution in [-0.2, 0) is 9.53 Å². The predicted molar refractivity (Wildman–Crippen MR) is 117 cm³/mol. The average molecular weight is 445 g/mol. The van der Waals surface area contributed by atoms with Crippen molar-refractivity contribution in [1.82, 2.24) is 10.2 Å². The van der Waals surface area contributed by atoms with E-state index in [9.17, 15) is 9.59 Å². The normalized spacial score (nSPS) is 16.1. The van der Waals surface area contributed by atoms with Crippen LogP contribution in [0.1, 0.15) is 25.5 Å². The molecule has 0 saturated heterocycles. The molecule has 1 N–H and O–H groups in total. The summed E-state index contributed by atoms with van der Waals surface area (Å²) < 4.78 is 16.4. The van der Waals surface area contributed by atoms with E-state index < -0.39 is 12.0 Å². The quantitative estimate of drug-likeness (QED) is 0.613. The molecular weight excluding hydrogens is 420 g/mol. The number of nitrogens with zero attached hydrogens (tertiary/aromatic N) is 1. The van der Waals surface area contributed by atoms with Gasteiger partial charge in [0.05, 0.1) is 31.0 Å². The van der Waals surface area contributed by atoms with E-state index in [0.717, 1.165) is 0 Å². The van der Waals surface area contributed by atoms with E-state index in [1.54, 1.807) is 62.6 Å². The monoisotopic (exact) mass is 444 g/mol. The van der Waals surface area contributed by atoms with Gasteiger partial charge in [-0.3, -0.25) is 4.90 Å². The molecule has 0 aromatic heterocycles. The molecule has 0 fully saturated rings. The number of benzene rings is 2. The summed E-state index contributed by atoms with van der Waals surface area (Å²) in [5.74, 6) is 0.747. The Morgan fingerprint density at radius 1 is 1.10 bits per heavy atom. The fourth-order valence-corrected chi connectivity index (χ4v) is 3.65. The molecule has 0 aliphatic carbocycles. The Labute approximate surface area is 186 Å². The lowest BCUT2D eigenvalue weighted by molar-refractivity contribution is -0.139. The smallest absolute Gasteiger partial charge is 0.338 e. The zero-order valence-corrected chi connectivity index (χ0v) is 18.4. The largest absolute Gasteiger partial charge is 0.497 e. The highest BCUT2D eigenvalue weighted by atomic mass is 35.5. The number of halogens is 1. The van der Waals surface area contributed by atoms with Gasteiger partial charge in [0.25, 0.3) is 0 Å². The summed E-state index contributed by atoms with van der Waals surface area (Å²) in [5, 5.41) is 3.32. The second-order valence-electron chi connectivity index (χ2n) is 6.69. The summed E-state index contributed by atoms with van der Waals surface area (Å²) in [6, 6.07) is 13.0. The molecule has 8 heteroatoms. The van der Waals surface area contributed by atoms with Crippen LogP contribution in [0.2, 0.25) is 5.02 Å². The van der Waals surface area contributed by atoms with Crippen molar-refractivity contribution >= 4 is 23.6 Å². The molecule has 0 bridgehead atoms. The summed E-state index contributed by atoms with van der Waals surface area (Å²) in [5.41, 5.74) is 1.34. The van der Waals surface area contributed by atoms with Crippen molar-refractivity contribution < 1.29 is 23.8 Å². The topological polar surface area (TPSA) is 77.1 Å². The van der Waals surface area contributed by atoms with Gasteiger partial charge in [-0.2, -0.15) is 0 Å². The second-order valence-corrected chi connectivity index (χ2v) is 7.10. The van der Waals surface area contributed by atoms with Crippen molar-refractivity contribution in [2.45, 2.75) is 19.9 Å². The minimum atomic E-state index is -0.752. The number of esters is 1. The number of hydrogen-bond donors (Lipinski definition) is 1. The number of rotatable bonds is 8. The van der Waals surface area contributed by atoms with E-state index in [1.807, 2.05) is 6.92 Å². The van der Waals surface area contributed by atoms with Gasteiger partial charge >= 0.3 is 12.0 Å². The van der Waals surface area contributed by atoms with Crippen LogP contribution in [0.15, 0.2) is 59.8 Å². The van der Waals surface area contributed by atoms with Gasteiger partial charge < -0.3 is 19.5 Å². The molecule has 0 spiro atoms. The number of carbonyl (C=O) groups is 2. The first kappa shape index (κ1) is 22.5. The van der Waals surface area contributed by atoms with Crippen LogP contribution in [-0.4, -0.2) is 43.8 Å². The van der Waals surface area contributed by atoms with Crippen LogP contribution < -0.4 is 14.8 Å². The molecule has 3 rings (SSSR count). The van der Waals surface area contributed by atoms with Gasteiger partial charge in [0.1, 0.15) is 18.1 Å². The number of nitrogens with one attached hydrogen (secondary N) is 1. The van der Waals surface area contributed by atoms with E-state index in [1.165, 1.54) is 4.90 Å². The molecule has 0 saturated carbocycles. The van der Waals surface area contributed by atoms with E-state index in [4.69, 9.17) is 25.8 Å². The van der Waals surface area contributed by atoms with E-state index in [2.05, 4.69) is 5.32 Å². The Hall–Kier alpha value is -3.19. The van der Waals surface area contributed by atoms with Gasteiger partial charge in [-0.15, -0.1) is 0 Å². The number of ether oxygens (including phenoxy) is 3. The lowest BCUT2D eigenvalue weighted by Gasteiger charge is -2.36. The van der Waals surface area contributed by atoms with Crippen LogP contribution in [0.4, 0.5) is 4.79 Å². The molecule has 2 amide bonds. The fraction of sp³-hybridized carbons (Fsp3) is 0.304. The molecule has 1 aliphatic heterocycles. The third-order valence-electron chi connectivity index (χ3n) is 4.90. The number of carbonyl (C=O) groups excluding carboxylic acids is 2. The van der Waals surface area contributed by atoms with Gasteiger partial charge in [-0.1, -0.05) is 29.8 Å². The number of methoxy groups -OCH3 is 1. The van der Waals surface area contributed by atoms with Gasteiger partial charge in [0.2, 0.25) is 0 Å². The number of hydrogen-bond acceptors (Lipinski definition) is 5. The fourth-order valence-electron chi connectivity index (χ4n) is 3.41. The molecule has 164 valence electrons. The van der Waals surface area contributed by atoms with Crippen LogP contribution in [0.3, 0.4) is 0 Å². The van der Waals surface area contributed by atoms with Crippen LogP contribution in [0.5, 0.6) is 11.5 Å². The molecule has 0 radical (unpaired) electrons. The average Bonchev–Trinajstić information content (AvgIpc) is 2.78. The first-order valence-electron chi connectivity index (χ1n) is 9.99. The summed E-state index contributed by atoms with van der Waals surface area (Å²) >= 11 is 6.39. The highest BCUT2D eigenvalue weighted by molar-refractivity contribution is 6.31. The Morgan fingerprint density at radius 2 is 1.77 bits per heavy atom. The van der Waals surface area contributed by atoms with Crippen molar-refractivity contribution in [3.05, 3.63) is 70.4 Å². The summed E-state index contributed by atoms with van der Waals surface area (Å²) in [6.07, 6.45) is 0. The number of urea groups is 1. The third-order valence-corrected chi connectivity index (χ3v) is 5.25. The molecule has 0 unspecified atom stereocenters. The Morgan fingerprint density at radius 3 is 2.39 bits per heavy atom. The summed E-state index contributed by atoms with van der Waals surface area (Å²) in [4.78, 5) is 27.3. The minimum Gasteiger partial charge on any atom is -0.497 e. The van der Waals surface area contributed by atoms with Crippen LogP contribution in [0, 0.1) is 0 Å². The second kappa shape index (κ2) is 10.2. The zero-order chi connectivity index (χ0) is 22.4. The summed E-state index contributed by atoms with van der Waals surface area (Å²) in [6.45, 7) is 4.11. The molecular formula is C23H25ClN2O5. The van der Waals surface area contributed by atoms with Gasteiger partial charge in [-0.05, 0) is 49.7 Å². The molecule has 31 heavy (non-hydrogen) atoms. The maximum Gasteiger partial charge on any atom is 0.338 e. The van der Waals surface area contributed by atoms with Crippen molar-refractivity contribution in [2.24, 2.45) is 0 Å². The molecule has 7 nitrogen and oxygen atoms in total. The summed E-state index contributed by atoms with van der Waals surface area (Å²) in [7, 11) is 1.58. The van der Waals surface area contributed by atoms with Gasteiger partial charge in [0, 0.05) is 11.6 Å². The number of amides is 2. The minimum absolute atomic E-state index is 0.00267. The SMILES string of the molecule is CCOC(=O)C1=C(COc2ccc(OC)cc2)N(CC)C(=O)N[C@H]1c1ccccc1Cl. The highest BCUT2D eigenvalue weighted by Gasteiger charge is 2.38. The highest BCUT2D eigenvalue weighted by Crippen LogP contribution is 2.35. The lowest BCUT2D eigenvalue weighted by atomic mass is 9.94.